The van der Waals surface area contributed by atoms with Gasteiger partial charge in [-0.3, -0.25) is 0 Å². The predicted molar refractivity (Wildman–Crippen MR) is 63.0 cm³/mol. The van der Waals surface area contributed by atoms with E-state index in [4.69, 9.17) is 11.6 Å². The average molecular weight is 224 g/mol. The lowest BCUT2D eigenvalue weighted by Crippen LogP contribution is -2.06. The van der Waals surface area contributed by atoms with Gasteiger partial charge in [-0.2, -0.15) is 0 Å². The van der Waals surface area contributed by atoms with Crippen LogP contribution in [-0.2, 0) is 6.42 Å². The van der Waals surface area contributed by atoms with Gasteiger partial charge < -0.3 is 5.32 Å². The molecule has 0 unspecified atom stereocenters. The molecule has 3 nitrogen and oxygen atoms in total. The van der Waals surface area contributed by atoms with Crippen LogP contribution in [0.5, 0.6) is 0 Å². The molecule has 0 saturated carbocycles. The summed E-state index contributed by atoms with van der Waals surface area (Å²) < 4.78 is 0. The number of aromatic nitrogens is 2. The molecule has 15 heavy (non-hydrogen) atoms. The molecule has 0 aliphatic rings. The van der Waals surface area contributed by atoms with Gasteiger partial charge >= 0.3 is 0 Å². The van der Waals surface area contributed by atoms with Crippen molar-refractivity contribution in [3.63, 3.8) is 0 Å². The van der Waals surface area contributed by atoms with Gasteiger partial charge in [-0.25, -0.2) is 9.97 Å². The molecule has 0 aliphatic carbocycles. The van der Waals surface area contributed by atoms with Gasteiger partial charge in [-0.05, 0) is 13.3 Å². The van der Waals surface area contributed by atoms with Crippen molar-refractivity contribution in [3.8, 4) is 11.8 Å². The third kappa shape index (κ3) is 3.41. The molecule has 1 aromatic heterocycles. The summed E-state index contributed by atoms with van der Waals surface area (Å²) in [6.07, 6.45) is 3.35. The maximum atomic E-state index is 5.99. The SMILES string of the molecule is CC#CCNc1ncnc(Cl)c1CCC. The van der Waals surface area contributed by atoms with Crippen LogP contribution in [0.4, 0.5) is 5.82 Å². The number of anilines is 1. The smallest absolute Gasteiger partial charge is 0.137 e. The number of halogens is 1. The van der Waals surface area contributed by atoms with Gasteiger partial charge in [-0.15, -0.1) is 5.92 Å². The van der Waals surface area contributed by atoms with E-state index in [-0.39, 0.29) is 0 Å². The standard InChI is InChI=1S/C11H14ClN3/c1-3-5-7-13-11-9(6-4-2)10(12)14-8-15-11/h8H,4,6-7H2,1-2H3,(H,13,14,15). The fourth-order valence-electron chi connectivity index (χ4n) is 1.23. The summed E-state index contributed by atoms with van der Waals surface area (Å²) in [5.41, 5.74) is 0.972. The fourth-order valence-corrected chi connectivity index (χ4v) is 1.46. The van der Waals surface area contributed by atoms with E-state index in [1.807, 2.05) is 6.92 Å². The Hall–Kier alpha value is -1.27. The summed E-state index contributed by atoms with van der Waals surface area (Å²) in [5, 5.41) is 3.66. The van der Waals surface area contributed by atoms with Crippen LogP contribution in [0.2, 0.25) is 5.15 Å². The second-order valence-corrected chi connectivity index (χ2v) is 3.38. The molecule has 4 heteroatoms. The highest BCUT2D eigenvalue weighted by molar-refractivity contribution is 6.30. The van der Waals surface area contributed by atoms with Crippen molar-refractivity contribution < 1.29 is 0 Å². The molecule has 1 rings (SSSR count). The third-order valence-corrected chi connectivity index (χ3v) is 2.24. The minimum Gasteiger partial charge on any atom is -0.359 e. The summed E-state index contributed by atoms with van der Waals surface area (Å²) in [5.74, 6) is 6.53. The van der Waals surface area contributed by atoms with Gasteiger partial charge in [0.05, 0.1) is 6.54 Å². The Morgan fingerprint density at radius 2 is 2.27 bits per heavy atom. The molecule has 0 saturated heterocycles. The molecular formula is C11H14ClN3. The first-order valence-electron chi connectivity index (χ1n) is 4.92. The minimum absolute atomic E-state index is 0.527. The van der Waals surface area contributed by atoms with E-state index in [2.05, 4.69) is 34.0 Å². The van der Waals surface area contributed by atoms with E-state index in [1.165, 1.54) is 6.33 Å². The highest BCUT2D eigenvalue weighted by atomic mass is 35.5. The van der Waals surface area contributed by atoms with Crippen molar-refractivity contribution in [1.82, 2.24) is 9.97 Å². The molecule has 0 spiro atoms. The molecule has 1 heterocycles. The van der Waals surface area contributed by atoms with E-state index in [9.17, 15) is 0 Å². The van der Waals surface area contributed by atoms with Crippen molar-refractivity contribution in [2.75, 3.05) is 11.9 Å². The van der Waals surface area contributed by atoms with Crippen molar-refractivity contribution in [1.29, 1.82) is 0 Å². The van der Waals surface area contributed by atoms with Gasteiger partial charge in [-0.1, -0.05) is 30.9 Å². The molecule has 0 radical (unpaired) electrons. The van der Waals surface area contributed by atoms with Crippen molar-refractivity contribution in [2.24, 2.45) is 0 Å². The first kappa shape index (κ1) is 11.8. The summed E-state index contributed by atoms with van der Waals surface area (Å²) >= 11 is 5.99. The molecular weight excluding hydrogens is 210 g/mol. The Labute approximate surface area is 95.3 Å². The van der Waals surface area contributed by atoms with Gasteiger partial charge in [0.2, 0.25) is 0 Å². The van der Waals surface area contributed by atoms with Gasteiger partial charge in [0.25, 0.3) is 0 Å². The lowest BCUT2D eigenvalue weighted by atomic mass is 10.2. The van der Waals surface area contributed by atoms with Crippen molar-refractivity contribution in [2.45, 2.75) is 26.7 Å². The zero-order valence-electron chi connectivity index (χ0n) is 8.97. The Morgan fingerprint density at radius 3 is 2.93 bits per heavy atom. The van der Waals surface area contributed by atoms with Crippen LogP contribution in [0.3, 0.4) is 0 Å². The predicted octanol–water partition coefficient (Wildman–Crippen LogP) is 2.52. The number of rotatable bonds is 4. The van der Waals surface area contributed by atoms with E-state index < -0.39 is 0 Å². The molecule has 0 amide bonds. The molecule has 1 aromatic rings. The number of nitrogens with zero attached hydrogens (tertiary/aromatic N) is 2. The molecule has 0 atom stereocenters. The molecule has 1 N–H and O–H groups in total. The Bertz CT molecular complexity index is 379. The number of nitrogens with one attached hydrogen (secondary N) is 1. The van der Waals surface area contributed by atoms with Crippen LogP contribution in [0.1, 0.15) is 25.8 Å². The van der Waals surface area contributed by atoms with E-state index in [1.54, 1.807) is 0 Å². The van der Waals surface area contributed by atoms with E-state index in [0.29, 0.717) is 11.7 Å². The van der Waals surface area contributed by atoms with Crippen LogP contribution < -0.4 is 5.32 Å². The second kappa shape index (κ2) is 6.26. The molecule has 0 aliphatic heterocycles. The van der Waals surface area contributed by atoms with E-state index in [0.717, 1.165) is 24.2 Å². The van der Waals surface area contributed by atoms with E-state index >= 15 is 0 Å². The maximum Gasteiger partial charge on any atom is 0.137 e. The Balaban J connectivity index is 2.83. The zero-order valence-corrected chi connectivity index (χ0v) is 9.73. The van der Waals surface area contributed by atoms with Crippen molar-refractivity contribution in [3.05, 3.63) is 17.0 Å². The molecule has 0 aromatic carbocycles. The van der Waals surface area contributed by atoms with Crippen LogP contribution in [0.15, 0.2) is 6.33 Å². The van der Waals surface area contributed by atoms with Crippen molar-refractivity contribution >= 4 is 17.4 Å². The average Bonchev–Trinajstić information content (AvgIpc) is 2.23. The van der Waals surface area contributed by atoms with Gasteiger partial charge in [0, 0.05) is 5.56 Å². The molecule has 0 bridgehead atoms. The van der Waals surface area contributed by atoms with Crippen LogP contribution in [0.25, 0.3) is 0 Å². The Morgan fingerprint density at radius 1 is 1.47 bits per heavy atom. The lowest BCUT2D eigenvalue weighted by Gasteiger charge is -2.08. The monoisotopic (exact) mass is 223 g/mol. The van der Waals surface area contributed by atoms with Gasteiger partial charge in [0.15, 0.2) is 0 Å². The highest BCUT2D eigenvalue weighted by Crippen LogP contribution is 2.20. The second-order valence-electron chi connectivity index (χ2n) is 3.02. The molecule has 0 fully saturated rings. The quantitative estimate of drug-likeness (QED) is 0.630. The first-order chi connectivity index (χ1) is 7.29. The number of hydrogen-bond donors (Lipinski definition) is 1. The lowest BCUT2D eigenvalue weighted by molar-refractivity contribution is 0.901. The number of hydrogen-bond acceptors (Lipinski definition) is 3. The fraction of sp³-hybridized carbons (Fsp3) is 0.455. The topological polar surface area (TPSA) is 37.8 Å². The first-order valence-corrected chi connectivity index (χ1v) is 5.30. The third-order valence-electron chi connectivity index (χ3n) is 1.91. The van der Waals surface area contributed by atoms with Crippen LogP contribution >= 0.6 is 11.6 Å². The van der Waals surface area contributed by atoms with Crippen LogP contribution in [0, 0.1) is 11.8 Å². The summed E-state index contributed by atoms with van der Waals surface area (Å²) in [7, 11) is 0. The molecule has 80 valence electrons. The summed E-state index contributed by atoms with van der Waals surface area (Å²) in [6, 6.07) is 0. The summed E-state index contributed by atoms with van der Waals surface area (Å²) in [6.45, 7) is 4.49. The van der Waals surface area contributed by atoms with Gasteiger partial charge in [0.1, 0.15) is 17.3 Å². The normalized spacial score (nSPS) is 9.27. The van der Waals surface area contributed by atoms with Crippen LogP contribution in [-0.4, -0.2) is 16.5 Å². The maximum absolute atomic E-state index is 5.99. The largest absolute Gasteiger partial charge is 0.359 e. The minimum atomic E-state index is 0.527. The zero-order chi connectivity index (χ0) is 11.1. The highest BCUT2D eigenvalue weighted by Gasteiger charge is 2.07. The Kier molecular flexibility index (Phi) is 4.92. The summed E-state index contributed by atoms with van der Waals surface area (Å²) in [4.78, 5) is 8.12.